The van der Waals surface area contributed by atoms with Gasteiger partial charge in [-0.2, -0.15) is 4.98 Å². The predicted octanol–water partition coefficient (Wildman–Crippen LogP) is 3.75. The number of amides is 1. The van der Waals surface area contributed by atoms with Crippen LogP contribution in [0.25, 0.3) is 11.4 Å². The average molecular weight is 458 g/mol. The van der Waals surface area contributed by atoms with Crippen LogP contribution in [0.15, 0.2) is 57.9 Å². The van der Waals surface area contributed by atoms with Crippen molar-refractivity contribution in [3.63, 3.8) is 0 Å². The van der Waals surface area contributed by atoms with Gasteiger partial charge >= 0.3 is 0 Å². The van der Waals surface area contributed by atoms with E-state index in [0.29, 0.717) is 43.2 Å². The van der Waals surface area contributed by atoms with Crippen LogP contribution in [0.2, 0.25) is 0 Å². The van der Waals surface area contributed by atoms with E-state index >= 15 is 0 Å². The number of halogens is 1. The third-order valence-electron chi connectivity index (χ3n) is 5.71. The number of aromatic nitrogens is 2. The molecule has 0 unspecified atom stereocenters. The molecule has 9 heteroatoms. The smallest absolute Gasteiger partial charge is 0.230 e. The number of sulfone groups is 1. The largest absolute Gasteiger partial charge is 0.343 e. The summed E-state index contributed by atoms with van der Waals surface area (Å²) in [4.78, 5) is 18.9. The minimum absolute atomic E-state index is 0.0250. The van der Waals surface area contributed by atoms with Crippen LogP contribution in [-0.2, 0) is 14.6 Å². The van der Waals surface area contributed by atoms with E-state index < -0.39 is 9.84 Å². The minimum Gasteiger partial charge on any atom is -0.343 e. The molecule has 1 aliphatic heterocycles. The number of benzene rings is 2. The van der Waals surface area contributed by atoms with Gasteiger partial charge in [-0.15, -0.1) is 0 Å². The molecule has 0 atom stereocenters. The summed E-state index contributed by atoms with van der Waals surface area (Å²) in [6.07, 6.45) is 1.26. The number of nitrogens with zero attached hydrogens (tertiary/aromatic N) is 3. The van der Waals surface area contributed by atoms with Crippen LogP contribution in [0.1, 0.15) is 36.6 Å². The number of hydrogen-bond acceptors (Lipinski definition) is 6. The zero-order chi connectivity index (χ0) is 22.7. The minimum atomic E-state index is -3.50. The lowest BCUT2D eigenvalue weighted by Crippen LogP contribution is -2.38. The molecule has 0 saturated carbocycles. The standard InChI is InChI=1S/C23H24FN3O4S/c1-16-2-8-20(9-3-16)32(29,30)15-12-21(28)27-13-10-18(11-14-27)23-25-22(26-31-23)17-4-6-19(24)7-5-17/h2-9,18H,10-15H2,1H3. The maximum Gasteiger partial charge on any atom is 0.230 e. The van der Waals surface area contributed by atoms with Crippen molar-refractivity contribution in [1.29, 1.82) is 0 Å². The Balaban J connectivity index is 1.30. The Hall–Kier alpha value is -3.07. The second-order valence-corrected chi connectivity index (χ2v) is 10.1. The lowest BCUT2D eigenvalue weighted by atomic mass is 9.96. The van der Waals surface area contributed by atoms with Crippen molar-refractivity contribution in [3.8, 4) is 11.4 Å². The van der Waals surface area contributed by atoms with Crippen molar-refractivity contribution in [2.75, 3.05) is 18.8 Å². The van der Waals surface area contributed by atoms with Gasteiger partial charge in [-0.05, 0) is 56.2 Å². The number of carbonyl (C=O) groups is 1. The monoisotopic (exact) mass is 457 g/mol. The molecular weight excluding hydrogens is 433 g/mol. The Morgan fingerprint density at radius 1 is 1.09 bits per heavy atom. The molecule has 0 spiro atoms. The van der Waals surface area contributed by atoms with E-state index in [1.54, 1.807) is 41.3 Å². The molecular formula is C23H24FN3O4S. The van der Waals surface area contributed by atoms with Crippen LogP contribution < -0.4 is 0 Å². The Kier molecular flexibility index (Phi) is 6.36. The predicted molar refractivity (Wildman–Crippen MR) is 116 cm³/mol. The summed E-state index contributed by atoms with van der Waals surface area (Å²) in [5, 5.41) is 3.98. The van der Waals surface area contributed by atoms with Gasteiger partial charge in [0.15, 0.2) is 9.84 Å². The number of piperidine rings is 1. The van der Waals surface area contributed by atoms with Gasteiger partial charge in [-0.3, -0.25) is 4.79 Å². The molecule has 3 aromatic rings. The molecule has 7 nitrogen and oxygen atoms in total. The van der Waals surface area contributed by atoms with Gasteiger partial charge in [0.25, 0.3) is 0 Å². The fraction of sp³-hybridized carbons (Fsp3) is 0.348. The Morgan fingerprint density at radius 3 is 2.41 bits per heavy atom. The molecule has 0 N–H and O–H groups in total. The number of carbonyl (C=O) groups excluding carboxylic acids is 1. The van der Waals surface area contributed by atoms with Crippen LogP contribution in [0, 0.1) is 12.7 Å². The van der Waals surface area contributed by atoms with Crippen molar-refractivity contribution in [2.24, 2.45) is 0 Å². The second kappa shape index (κ2) is 9.20. The van der Waals surface area contributed by atoms with Gasteiger partial charge in [-0.25, -0.2) is 12.8 Å². The van der Waals surface area contributed by atoms with Crippen molar-refractivity contribution >= 4 is 15.7 Å². The zero-order valence-corrected chi connectivity index (χ0v) is 18.5. The van der Waals surface area contributed by atoms with Gasteiger partial charge < -0.3 is 9.42 Å². The normalized spacial score (nSPS) is 15.1. The highest BCUT2D eigenvalue weighted by molar-refractivity contribution is 7.91. The molecule has 0 bridgehead atoms. The first kappa shape index (κ1) is 22.1. The van der Waals surface area contributed by atoms with E-state index in [1.807, 2.05) is 6.92 Å². The molecule has 0 aliphatic carbocycles. The van der Waals surface area contributed by atoms with Crippen LogP contribution in [-0.4, -0.2) is 48.2 Å². The molecule has 4 rings (SSSR count). The SMILES string of the molecule is Cc1ccc(S(=O)(=O)CCC(=O)N2CCC(c3nc(-c4ccc(F)cc4)no3)CC2)cc1. The van der Waals surface area contributed by atoms with E-state index in [0.717, 1.165) is 5.56 Å². The number of rotatable bonds is 6. The molecule has 0 radical (unpaired) electrons. The summed E-state index contributed by atoms with van der Waals surface area (Å²) < 4.78 is 43.5. The number of aryl methyl sites for hydroxylation is 1. The molecule has 32 heavy (non-hydrogen) atoms. The summed E-state index contributed by atoms with van der Waals surface area (Å²) in [7, 11) is -3.50. The fourth-order valence-corrected chi connectivity index (χ4v) is 4.97. The summed E-state index contributed by atoms with van der Waals surface area (Å²) in [6, 6.07) is 12.5. The maximum absolute atomic E-state index is 13.1. The third-order valence-corrected chi connectivity index (χ3v) is 7.44. The lowest BCUT2D eigenvalue weighted by molar-refractivity contribution is -0.131. The first-order chi connectivity index (χ1) is 15.3. The molecule has 1 aromatic heterocycles. The van der Waals surface area contributed by atoms with Gasteiger partial charge in [0.2, 0.25) is 17.6 Å². The summed E-state index contributed by atoms with van der Waals surface area (Å²) >= 11 is 0. The van der Waals surface area contributed by atoms with E-state index in [2.05, 4.69) is 10.1 Å². The average Bonchev–Trinajstić information content (AvgIpc) is 3.29. The Morgan fingerprint density at radius 2 is 1.75 bits per heavy atom. The molecule has 1 aliphatic rings. The number of likely N-dealkylation sites (tertiary alicyclic amines) is 1. The highest BCUT2D eigenvalue weighted by Crippen LogP contribution is 2.29. The molecule has 1 saturated heterocycles. The van der Waals surface area contributed by atoms with E-state index in [-0.39, 0.29) is 34.7 Å². The summed E-state index contributed by atoms with van der Waals surface area (Å²) in [5.74, 6) is 0.215. The summed E-state index contributed by atoms with van der Waals surface area (Å²) in [5.41, 5.74) is 1.65. The van der Waals surface area contributed by atoms with Crippen molar-refractivity contribution in [3.05, 3.63) is 65.8 Å². The molecule has 2 aromatic carbocycles. The van der Waals surface area contributed by atoms with Crippen LogP contribution in [0.3, 0.4) is 0 Å². The number of hydrogen-bond donors (Lipinski definition) is 0. The quantitative estimate of drug-likeness (QED) is 0.560. The van der Waals surface area contributed by atoms with Crippen LogP contribution >= 0.6 is 0 Å². The maximum atomic E-state index is 13.1. The van der Waals surface area contributed by atoms with Crippen molar-refractivity contribution in [2.45, 2.75) is 37.0 Å². The highest BCUT2D eigenvalue weighted by atomic mass is 32.2. The Labute approximate surface area is 186 Å². The zero-order valence-electron chi connectivity index (χ0n) is 17.7. The third kappa shape index (κ3) is 5.04. The summed E-state index contributed by atoms with van der Waals surface area (Å²) in [6.45, 7) is 2.89. The molecule has 168 valence electrons. The van der Waals surface area contributed by atoms with Crippen LogP contribution in [0.4, 0.5) is 4.39 Å². The van der Waals surface area contributed by atoms with E-state index in [9.17, 15) is 17.6 Å². The van der Waals surface area contributed by atoms with Gasteiger partial charge in [0, 0.05) is 31.0 Å². The molecule has 1 amide bonds. The van der Waals surface area contributed by atoms with Gasteiger partial charge in [-0.1, -0.05) is 22.9 Å². The molecule has 2 heterocycles. The van der Waals surface area contributed by atoms with Gasteiger partial charge in [0.1, 0.15) is 5.82 Å². The Bertz CT molecular complexity index is 1180. The first-order valence-corrected chi connectivity index (χ1v) is 12.1. The van der Waals surface area contributed by atoms with E-state index in [4.69, 9.17) is 4.52 Å². The van der Waals surface area contributed by atoms with Crippen molar-refractivity contribution in [1.82, 2.24) is 15.0 Å². The fourth-order valence-electron chi connectivity index (χ4n) is 3.74. The van der Waals surface area contributed by atoms with Gasteiger partial charge in [0.05, 0.1) is 10.6 Å². The van der Waals surface area contributed by atoms with E-state index in [1.165, 1.54) is 12.1 Å². The molecule has 1 fully saturated rings. The van der Waals surface area contributed by atoms with Crippen molar-refractivity contribution < 1.29 is 22.1 Å². The first-order valence-electron chi connectivity index (χ1n) is 10.5. The van der Waals surface area contributed by atoms with Crippen LogP contribution in [0.5, 0.6) is 0 Å². The lowest BCUT2D eigenvalue weighted by Gasteiger charge is -2.30. The second-order valence-electron chi connectivity index (χ2n) is 8.00. The highest BCUT2D eigenvalue weighted by Gasteiger charge is 2.28. The topological polar surface area (TPSA) is 93.4 Å².